The van der Waals surface area contributed by atoms with E-state index in [4.69, 9.17) is 23.2 Å². The van der Waals surface area contributed by atoms with Crippen LogP contribution in [0.15, 0.2) is 59.7 Å². The van der Waals surface area contributed by atoms with E-state index in [-0.39, 0.29) is 11.3 Å². The van der Waals surface area contributed by atoms with E-state index in [1.807, 2.05) is 24.3 Å². The number of hydrogen-bond donors (Lipinski definition) is 2. The highest BCUT2D eigenvalue weighted by molar-refractivity contribution is 6.37. The number of halogens is 2. The lowest BCUT2D eigenvalue weighted by Gasteiger charge is -2.07. The van der Waals surface area contributed by atoms with Crippen LogP contribution < -0.4 is 5.43 Å². The predicted molar refractivity (Wildman–Crippen MR) is 102 cm³/mol. The average molecular weight is 373 g/mol. The quantitative estimate of drug-likeness (QED) is 0.501. The highest BCUT2D eigenvalue weighted by Crippen LogP contribution is 2.25. The van der Waals surface area contributed by atoms with Gasteiger partial charge in [-0.15, -0.1) is 0 Å². The zero-order chi connectivity index (χ0) is 18.0. The minimum atomic E-state index is -0.507. The number of aromatic hydroxyl groups is 1. The van der Waals surface area contributed by atoms with Crippen LogP contribution in [0, 0.1) is 0 Å². The Hall–Kier alpha value is -2.56. The van der Waals surface area contributed by atoms with Gasteiger partial charge in [-0.25, -0.2) is 5.43 Å². The zero-order valence-electron chi connectivity index (χ0n) is 13.3. The summed E-state index contributed by atoms with van der Waals surface area (Å²) in [5.74, 6) is -0.610. The van der Waals surface area contributed by atoms with E-state index in [2.05, 4.69) is 10.5 Å². The molecule has 0 radical (unpaired) electrons. The maximum atomic E-state index is 12.4. The maximum absolute atomic E-state index is 12.4. The molecule has 1 amide bonds. The van der Waals surface area contributed by atoms with Gasteiger partial charge in [-0.1, -0.05) is 53.5 Å². The van der Waals surface area contributed by atoms with Gasteiger partial charge in [-0.2, -0.15) is 5.10 Å². The number of carbonyl (C=O) groups excluding carboxylic acids is 1. The third kappa shape index (κ3) is 3.76. The van der Waals surface area contributed by atoms with Crippen LogP contribution in [0.3, 0.4) is 0 Å². The van der Waals surface area contributed by atoms with E-state index >= 15 is 0 Å². The van der Waals surface area contributed by atoms with E-state index in [9.17, 15) is 9.90 Å². The first-order chi connectivity index (χ1) is 12.0. The zero-order valence-corrected chi connectivity index (χ0v) is 14.8. The first-order valence-corrected chi connectivity index (χ1v) is 8.23. The molecule has 2 N–H and O–H groups in total. The molecular weight excluding hydrogens is 359 g/mol. The highest BCUT2D eigenvalue weighted by atomic mass is 35.5. The van der Waals surface area contributed by atoms with E-state index in [1.165, 1.54) is 0 Å². The van der Waals surface area contributed by atoms with Crippen molar-refractivity contribution in [2.75, 3.05) is 0 Å². The first kappa shape index (κ1) is 17.3. The number of benzene rings is 3. The van der Waals surface area contributed by atoms with Gasteiger partial charge in [-0.05, 0) is 42.0 Å². The lowest BCUT2D eigenvalue weighted by molar-refractivity contribution is 0.0952. The van der Waals surface area contributed by atoms with E-state index in [0.29, 0.717) is 21.3 Å². The molecule has 0 heterocycles. The largest absolute Gasteiger partial charge is 0.507 e. The van der Waals surface area contributed by atoms with Gasteiger partial charge in [0, 0.05) is 10.6 Å². The van der Waals surface area contributed by atoms with Crippen molar-refractivity contribution < 1.29 is 9.90 Å². The normalized spacial score (nSPS) is 11.6. The molecule has 6 heteroatoms. The van der Waals surface area contributed by atoms with Crippen molar-refractivity contribution in [3.8, 4) is 5.75 Å². The Labute approximate surface area is 154 Å². The third-order valence-corrected chi connectivity index (χ3v) is 4.30. The molecule has 0 atom stereocenters. The number of amides is 1. The number of nitrogens with zero attached hydrogens (tertiary/aromatic N) is 1. The lowest BCUT2D eigenvalue weighted by Crippen LogP contribution is -2.19. The van der Waals surface area contributed by atoms with Gasteiger partial charge in [0.2, 0.25) is 0 Å². The molecule has 0 fully saturated rings. The third-order valence-electron chi connectivity index (χ3n) is 3.75. The minimum Gasteiger partial charge on any atom is -0.507 e. The number of nitrogens with one attached hydrogen (secondary N) is 1. The Morgan fingerprint density at radius 1 is 1.00 bits per heavy atom. The molecule has 0 saturated heterocycles. The van der Waals surface area contributed by atoms with Gasteiger partial charge in [0.25, 0.3) is 5.91 Å². The van der Waals surface area contributed by atoms with Crippen LogP contribution in [0.5, 0.6) is 5.75 Å². The van der Waals surface area contributed by atoms with Crippen molar-refractivity contribution in [3.63, 3.8) is 0 Å². The van der Waals surface area contributed by atoms with Crippen LogP contribution in [-0.4, -0.2) is 16.7 Å². The van der Waals surface area contributed by atoms with E-state index in [1.54, 1.807) is 37.3 Å². The van der Waals surface area contributed by atoms with Crippen molar-refractivity contribution in [3.05, 3.63) is 75.8 Å². The summed E-state index contributed by atoms with van der Waals surface area (Å²) in [4.78, 5) is 12.4. The summed E-state index contributed by atoms with van der Waals surface area (Å²) in [5.41, 5.74) is 3.78. The Bertz CT molecular complexity index is 1000. The molecule has 3 aromatic rings. The fourth-order valence-corrected chi connectivity index (χ4v) is 2.99. The number of hydrogen-bond acceptors (Lipinski definition) is 3. The molecular formula is C19H14Cl2N2O2. The van der Waals surface area contributed by atoms with Crippen LogP contribution in [0.25, 0.3) is 10.8 Å². The molecule has 0 aliphatic rings. The molecule has 0 aliphatic carbocycles. The second-order valence-corrected chi connectivity index (χ2v) is 6.32. The second kappa shape index (κ2) is 7.13. The summed E-state index contributed by atoms with van der Waals surface area (Å²) in [5, 5.41) is 16.8. The summed E-state index contributed by atoms with van der Waals surface area (Å²) in [6.45, 7) is 1.72. The lowest BCUT2D eigenvalue weighted by atomic mass is 10.1. The number of fused-ring (bicyclic) bond motifs is 1. The fourth-order valence-electron chi connectivity index (χ4n) is 2.45. The van der Waals surface area contributed by atoms with Gasteiger partial charge in [0.1, 0.15) is 5.75 Å². The molecule has 0 aromatic heterocycles. The Morgan fingerprint density at radius 2 is 1.68 bits per heavy atom. The summed E-state index contributed by atoms with van der Waals surface area (Å²) >= 11 is 12.0. The van der Waals surface area contributed by atoms with E-state index in [0.717, 1.165) is 10.8 Å². The fraction of sp³-hybridized carbons (Fsp3) is 0.0526. The smallest absolute Gasteiger partial charge is 0.275 e. The van der Waals surface area contributed by atoms with Crippen molar-refractivity contribution in [1.29, 1.82) is 0 Å². The minimum absolute atomic E-state index is 0.103. The predicted octanol–water partition coefficient (Wildman–Crippen LogP) is 5.01. The number of phenolic OH excluding ortho intramolecular Hbond substituents is 1. The van der Waals surface area contributed by atoms with Crippen LogP contribution in [0.4, 0.5) is 0 Å². The summed E-state index contributed by atoms with van der Waals surface area (Å²) < 4.78 is 0. The summed E-state index contributed by atoms with van der Waals surface area (Å²) in [7, 11) is 0. The topological polar surface area (TPSA) is 61.7 Å². The summed E-state index contributed by atoms with van der Waals surface area (Å²) in [6, 6.07) is 15.7. The molecule has 4 nitrogen and oxygen atoms in total. The van der Waals surface area contributed by atoms with E-state index < -0.39 is 5.91 Å². The van der Waals surface area contributed by atoms with Crippen LogP contribution >= 0.6 is 23.2 Å². The van der Waals surface area contributed by atoms with Crippen molar-refractivity contribution in [2.45, 2.75) is 6.92 Å². The van der Waals surface area contributed by atoms with Gasteiger partial charge >= 0.3 is 0 Å². The maximum Gasteiger partial charge on any atom is 0.275 e. The van der Waals surface area contributed by atoms with Gasteiger partial charge in [-0.3, -0.25) is 4.79 Å². The second-order valence-electron chi connectivity index (χ2n) is 5.48. The molecule has 3 rings (SSSR count). The van der Waals surface area contributed by atoms with Crippen LogP contribution in [0.1, 0.15) is 22.8 Å². The highest BCUT2D eigenvalue weighted by Gasteiger charge is 2.12. The molecule has 0 bridgehead atoms. The van der Waals surface area contributed by atoms with Crippen molar-refractivity contribution >= 4 is 45.6 Å². The summed E-state index contributed by atoms with van der Waals surface area (Å²) in [6.07, 6.45) is 0. The first-order valence-electron chi connectivity index (χ1n) is 7.47. The van der Waals surface area contributed by atoms with Gasteiger partial charge in [0.05, 0.1) is 16.3 Å². The van der Waals surface area contributed by atoms with Gasteiger partial charge < -0.3 is 5.11 Å². The van der Waals surface area contributed by atoms with Gasteiger partial charge in [0.15, 0.2) is 0 Å². The molecule has 0 aliphatic heterocycles. The Morgan fingerprint density at radius 3 is 2.36 bits per heavy atom. The monoisotopic (exact) mass is 372 g/mol. The number of carbonyl (C=O) groups is 1. The number of hydrazone groups is 1. The molecule has 0 unspecified atom stereocenters. The van der Waals surface area contributed by atoms with Crippen molar-refractivity contribution in [1.82, 2.24) is 5.43 Å². The Kier molecular flexibility index (Phi) is 4.93. The number of rotatable bonds is 3. The molecule has 0 spiro atoms. The molecule has 25 heavy (non-hydrogen) atoms. The van der Waals surface area contributed by atoms with Crippen LogP contribution in [0.2, 0.25) is 10.0 Å². The number of phenols is 1. The average Bonchev–Trinajstić information content (AvgIpc) is 2.58. The molecule has 3 aromatic carbocycles. The molecule has 126 valence electrons. The SMILES string of the molecule is C/C(=N\NC(=O)c1cc2ccccc2cc1O)c1ccc(Cl)cc1Cl. The van der Waals surface area contributed by atoms with Crippen LogP contribution in [-0.2, 0) is 0 Å². The van der Waals surface area contributed by atoms with Crippen molar-refractivity contribution in [2.24, 2.45) is 5.10 Å². The molecule has 0 saturated carbocycles. The standard InChI is InChI=1S/C19H14Cl2N2O2/c1-11(15-7-6-14(20)10-17(15)21)22-23-19(25)16-8-12-4-2-3-5-13(12)9-18(16)24/h2-10,24H,1H3,(H,23,25)/b22-11+. The Balaban J connectivity index is 1.85.